The van der Waals surface area contributed by atoms with Crippen molar-refractivity contribution >= 4 is 11.8 Å². The van der Waals surface area contributed by atoms with E-state index in [2.05, 4.69) is 24.3 Å². The van der Waals surface area contributed by atoms with Crippen LogP contribution in [0, 0.1) is 0 Å². The van der Waals surface area contributed by atoms with E-state index in [9.17, 15) is 9.59 Å². The third kappa shape index (κ3) is 3.43. The number of amides is 2. The molecule has 1 aliphatic rings. The van der Waals surface area contributed by atoms with Crippen molar-refractivity contribution in [2.75, 3.05) is 0 Å². The van der Waals surface area contributed by atoms with Gasteiger partial charge in [-0.25, -0.2) is 0 Å². The quantitative estimate of drug-likeness (QED) is 0.914. The van der Waals surface area contributed by atoms with E-state index in [-0.39, 0.29) is 17.9 Å². The van der Waals surface area contributed by atoms with Gasteiger partial charge in [-0.3, -0.25) is 14.3 Å². The van der Waals surface area contributed by atoms with Crippen LogP contribution >= 0.6 is 0 Å². The Morgan fingerprint density at radius 1 is 1.43 bits per heavy atom. The molecule has 0 saturated carbocycles. The minimum Gasteiger partial charge on any atom is -0.344 e. The van der Waals surface area contributed by atoms with E-state index in [1.54, 1.807) is 4.90 Å². The largest absolute Gasteiger partial charge is 0.344 e. The fraction of sp³-hybridized carbons (Fsp3) is 0.667. The highest BCUT2D eigenvalue weighted by Crippen LogP contribution is 2.16. The van der Waals surface area contributed by atoms with E-state index in [1.807, 2.05) is 30.8 Å². The summed E-state index contributed by atoms with van der Waals surface area (Å²) >= 11 is 0. The molecule has 116 valence electrons. The van der Waals surface area contributed by atoms with E-state index in [0.29, 0.717) is 25.4 Å². The summed E-state index contributed by atoms with van der Waals surface area (Å²) in [6, 6.07) is 1.69. The molecule has 6 heteroatoms. The summed E-state index contributed by atoms with van der Waals surface area (Å²) in [4.78, 5) is 26.1. The zero-order chi connectivity index (χ0) is 15.6. The minimum absolute atomic E-state index is 0.0186. The number of hydrogen-bond acceptors (Lipinski definition) is 3. The molecule has 0 spiro atoms. The fourth-order valence-electron chi connectivity index (χ4n) is 2.55. The van der Waals surface area contributed by atoms with Crippen molar-refractivity contribution in [1.29, 1.82) is 0 Å². The molecule has 6 nitrogen and oxygen atoms in total. The fourth-order valence-corrected chi connectivity index (χ4v) is 2.55. The predicted molar refractivity (Wildman–Crippen MR) is 79.5 cm³/mol. The maximum Gasteiger partial charge on any atom is 0.245 e. The molecule has 0 aliphatic carbocycles. The van der Waals surface area contributed by atoms with Gasteiger partial charge in [-0.15, -0.1) is 0 Å². The molecule has 2 amide bonds. The summed E-state index contributed by atoms with van der Waals surface area (Å²) in [7, 11) is 0. The summed E-state index contributed by atoms with van der Waals surface area (Å²) in [5, 5.41) is 7.28. The van der Waals surface area contributed by atoms with Gasteiger partial charge in [0.2, 0.25) is 11.8 Å². The molecular formula is C15H24N4O2. The maximum atomic E-state index is 12.6. The summed E-state index contributed by atoms with van der Waals surface area (Å²) in [6.45, 7) is 8.39. The lowest BCUT2D eigenvalue weighted by Crippen LogP contribution is -2.45. The van der Waals surface area contributed by atoms with Gasteiger partial charge in [-0.2, -0.15) is 5.10 Å². The van der Waals surface area contributed by atoms with Crippen LogP contribution in [0.5, 0.6) is 0 Å². The van der Waals surface area contributed by atoms with Crippen molar-refractivity contribution in [2.45, 2.75) is 65.2 Å². The van der Waals surface area contributed by atoms with Gasteiger partial charge < -0.3 is 10.2 Å². The Kier molecular flexibility index (Phi) is 4.65. The van der Waals surface area contributed by atoms with Gasteiger partial charge in [0.15, 0.2) is 0 Å². The smallest absolute Gasteiger partial charge is 0.245 e. The summed E-state index contributed by atoms with van der Waals surface area (Å²) < 4.78 is 1.88. The molecule has 2 atom stereocenters. The summed E-state index contributed by atoms with van der Waals surface area (Å²) in [5.41, 5.74) is 0.855. The third-order valence-corrected chi connectivity index (χ3v) is 3.86. The van der Waals surface area contributed by atoms with Gasteiger partial charge in [0, 0.05) is 24.7 Å². The second-order valence-corrected chi connectivity index (χ2v) is 5.93. The van der Waals surface area contributed by atoms with Crippen molar-refractivity contribution in [3.8, 4) is 0 Å². The Hall–Kier alpha value is -1.85. The van der Waals surface area contributed by atoms with Gasteiger partial charge in [-0.1, -0.05) is 6.92 Å². The third-order valence-electron chi connectivity index (χ3n) is 3.86. The lowest BCUT2D eigenvalue weighted by atomic mass is 10.1. The molecule has 1 N–H and O–H groups in total. The van der Waals surface area contributed by atoms with Crippen molar-refractivity contribution in [2.24, 2.45) is 0 Å². The standard InChI is InChI=1S/C15H24N4O2/c1-5-13-15(21)18(11(4)8-14(20)16-13)9-12-6-7-19(17-12)10(2)3/h6-7,10-11,13H,5,8-9H2,1-4H3,(H,16,20). The molecule has 0 radical (unpaired) electrons. The average molecular weight is 292 g/mol. The van der Waals surface area contributed by atoms with Crippen LogP contribution in [0.4, 0.5) is 0 Å². The Balaban J connectivity index is 2.18. The molecular weight excluding hydrogens is 268 g/mol. The van der Waals surface area contributed by atoms with Crippen LogP contribution in [0.1, 0.15) is 52.3 Å². The van der Waals surface area contributed by atoms with Gasteiger partial charge in [0.05, 0.1) is 12.2 Å². The van der Waals surface area contributed by atoms with Crippen molar-refractivity contribution in [3.05, 3.63) is 18.0 Å². The van der Waals surface area contributed by atoms with Gasteiger partial charge in [0.1, 0.15) is 6.04 Å². The number of aromatic nitrogens is 2. The van der Waals surface area contributed by atoms with Crippen LogP contribution < -0.4 is 5.32 Å². The minimum atomic E-state index is -0.422. The first-order valence-corrected chi connectivity index (χ1v) is 7.56. The lowest BCUT2D eigenvalue weighted by molar-refractivity contribution is -0.135. The lowest BCUT2D eigenvalue weighted by Gasteiger charge is -2.27. The van der Waals surface area contributed by atoms with E-state index in [4.69, 9.17) is 0 Å². The first kappa shape index (κ1) is 15.5. The number of nitrogens with zero attached hydrogens (tertiary/aromatic N) is 3. The molecule has 0 bridgehead atoms. The van der Waals surface area contributed by atoms with E-state index >= 15 is 0 Å². The summed E-state index contributed by atoms with van der Waals surface area (Å²) in [6.07, 6.45) is 2.87. The highest BCUT2D eigenvalue weighted by molar-refractivity contribution is 5.90. The number of carbonyl (C=O) groups excluding carboxylic acids is 2. The van der Waals surface area contributed by atoms with Crippen LogP contribution in [0.25, 0.3) is 0 Å². The molecule has 0 aromatic carbocycles. The van der Waals surface area contributed by atoms with Gasteiger partial charge in [0.25, 0.3) is 0 Å². The Morgan fingerprint density at radius 2 is 2.14 bits per heavy atom. The molecule has 2 heterocycles. The topological polar surface area (TPSA) is 67.2 Å². The van der Waals surface area contributed by atoms with Crippen LogP contribution in [0.3, 0.4) is 0 Å². The van der Waals surface area contributed by atoms with Crippen molar-refractivity contribution < 1.29 is 9.59 Å². The van der Waals surface area contributed by atoms with E-state index in [1.165, 1.54) is 0 Å². The number of nitrogens with one attached hydrogen (secondary N) is 1. The molecule has 1 aromatic rings. The van der Waals surface area contributed by atoms with Crippen molar-refractivity contribution in [3.63, 3.8) is 0 Å². The zero-order valence-electron chi connectivity index (χ0n) is 13.2. The number of rotatable bonds is 4. The highest BCUT2D eigenvalue weighted by atomic mass is 16.2. The van der Waals surface area contributed by atoms with Crippen LogP contribution in [0.15, 0.2) is 12.3 Å². The first-order valence-electron chi connectivity index (χ1n) is 7.56. The van der Waals surface area contributed by atoms with Gasteiger partial charge in [-0.05, 0) is 33.3 Å². The molecule has 1 aliphatic heterocycles. The van der Waals surface area contributed by atoms with Crippen LogP contribution in [-0.4, -0.2) is 38.6 Å². The van der Waals surface area contributed by atoms with Crippen LogP contribution in [0.2, 0.25) is 0 Å². The monoisotopic (exact) mass is 292 g/mol. The van der Waals surface area contributed by atoms with Gasteiger partial charge >= 0.3 is 0 Å². The molecule has 1 aromatic heterocycles. The Labute approximate surface area is 125 Å². The zero-order valence-corrected chi connectivity index (χ0v) is 13.2. The number of carbonyl (C=O) groups is 2. The predicted octanol–water partition coefficient (Wildman–Crippen LogP) is 1.48. The molecule has 1 saturated heterocycles. The highest BCUT2D eigenvalue weighted by Gasteiger charge is 2.33. The maximum absolute atomic E-state index is 12.6. The Bertz CT molecular complexity index is 523. The number of hydrogen-bond donors (Lipinski definition) is 1. The van der Waals surface area contributed by atoms with Crippen molar-refractivity contribution in [1.82, 2.24) is 20.0 Å². The molecule has 21 heavy (non-hydrogen) atoms. The SMILES string of the molecule is CCC1NC(=O)CC(C)N(Cc2ccn(C(C)C)n2)C1=O. The van der Waals surface area contributed by atoms with Crippen LogP contribution in [-0.2, 0) is 16.1 Å². The second kappa shape index (κ2) is 6.28. The van der Waals surface area contributed by atoms with E-state index < -0.39 is 6.04 Å². The first-order chi connectivity index (χ1) is 9.92. The average Bonchev–Trinajstić information content (AvgIpc) is 2.86. The Morgan fingerprint density at radius 3 is 2.71 bits per heavy atom. The molecule has 2 rings (SSSR count). The van der Waals surface area contributed by atoms with E-state index in [0.717, 1.165) is 5.69 Å². The normalized spacial score (nSPS) is 23.4. The summed E-state index contributed by atoms with van der Waals surface area (Å²) in [5.74, 6) is -0.0761. The molecule has 2 unspecified atom stereocenters. The second-order valence-electron chi connectivity index (χ2n) is 5.93. The molecule has 1 fully saturated rings.